The van der Waals surface area contributed by atoms with Crippen LogP contribution in [0.15, 0.2) is 36.3 Å². The molecule has 1 aromatic heterocycles. The Morgan fingerprint density at radius 1 is 1.25 bits per heavy atom. The van der Waals surface area contributed by atoms with Gasteiger partial charge >= 0.3 is 0 Å². The molecule has 0 aliphatic carbocycles. The molecule has 16 heavy (non-hydrogen) atoms. The average Bonchev–Trinajstić information content (AvgIpc) is 2.59. The van der Waals surface area contributed by atoms with Crippen LogP contribution in [0.4, 0.5) is 0 Å². The fourth-order valence-corrected chi connectivity index (χ4v) is 2.94. The first-order chi connectivity index (χ1) is 7.63. The SMILES string of the molecule is OCc1c(-c2ccc(Br)cc2Br)noc1Br. The summed E-state index contributed by atoms with van der Waals surface area (Å²) in [6.07, 6.45) is 0. The van der Waals surface area contributed by atoms with E-state index in [0.717, 1.165) is 14.5 Å². The van der Waals surface area contributed by atoms with Crippen LogP contribution in [0, 0.1) is 0 Å². The molecule has 0 spiro atoms. The first-order valence-electron chi connectivity index (χ1n) is 4.34. The van der Waals surface area contributed by atoms with Gasteiger partial charge in [-0.2, -0.15) is 0 Å². The third-order valence-corrected chi connectivity index (χ3v) is 3.86. The van der Waals surface area contributed by atoms with Crippen molar-refractivity contribution in [1.29, 1.82) is 0 Å². The maximum atomic E-state index is 9.24. The topological polar surface area (TPSA) is 46.3 Å². The summed E-state index contributed by atoms with van der Waals surface area (Å²) in [6, 6.07) is 5.72. The van der Waals surface area contributed by atoms with Crippen molar-refractivity contribution in [3.8, 4) is 11.3 Å². The molecule has 0 unspecified atom stereocenters. The van der Waals surface area contributed by atoms with Crippen molar-refractivity contribution in [1.82, 2.24) is 5.16 Å². The third-order valence-electron chi connectivity index (χ3n) is 2.08. The normalized spacial score (nSPS) is 10.8. The Labute approximate surface area is 117 Å². The Balaban J connectivity index is 2.58. The monoisotopic (exact) mass is 409 g/mol. The van der Waals surface area contributed by atoms with Crippen molar-refractivity contribution in [2.45, 2.75) is 6.61 Å². The van der Waals surface area contributed by atoms with Gasteiger partial charge in [-0.05, 0) is 28.1 Å². The van der Waals surface area contributed by atoms with Gasteiger partial charge in [-0.3, -0.25) is 0 Å². The molecule has 0 saturated carbocycles. The fourth-order valence-electron chi connectivity index (χ4n) is 1.32. The third kappa shape index (κ3) is 2.25. The van der Waals surface area contributed by atoms with Gasteiger partial charge in [0.15, 0.2) is 0 Å². The van der Waals surface area contributed by atoms with Gasteiger partial charge in [0.1, 0.15) is 5.69 Å². The Morgan fingerprint density at radius 3 is 2.62 bits per heavy atom. The number of aliphatic hydroxyl groups is 1. The van der Waals surface area contributed by atoms with Gasteiger partial charge in [0.2, 0.25) is 4.67 Å². The van der Waals surface area contributed by atoms with E-state index in [1.54, 1.807) is 0 Å². The summed E-state index contributed by atoms with van der Waals surface area (Å²) in [4.78, 5) is 0. The molecule has 84 valence electrons. The lowest BCUT2D eigenvalue weighted by molar-refractivity contribution is 0.278. The summed E-state index contributed by atoms with van der Waals surface area (Å²) in [5.74, 6) is 0. The summed E-state index contributed by atoms with van der Waals surface area (Å²) in [6.45, 7) is -0.123. The molecule has 0 aliphatic heterocycles. The molecule has 0 saturated heterocycles. The molecule has 0 radical (unpaired) electrons. The smallest absolute Gasteiger partial charge is 0.208 e. The van der Waals surface area contributed by atoms with Crippen LogP contribution in [-0.2, 0) is 6.61 Å². The van der Waals surface area contributed by atoms with E-state index in [9.17, 15) is 5.11 Å². The molecule has 0 amide bonds. The summed E-state index contributed by atoms with van der Waals surface area (Å²) < 4.78 is 7.31. The van der Waals surface area contributed by atoms with Crippen molar-refractivity contribution in [2.24, 2.45) is 0 Å². The van der Waals surface area contributed by atoms with Crippen LogP contribution in [0.2, 0.25) is 0 Å². The number of nitrogens with zero attached hydrogens (tertiary/aromatic N) is 1. The van der Waals surface area contributed by atoms with E-state index >= 15 is 0 Å². The van der Waals surface area contributed by atoms with Gasteiger partial charge in [-0.15, -0.1) is 0 Å². The molecule has 1 aromatic carbocycles. The van der Waals surface area contributed by atoms with E-state index in [2.05, 4.69) is 52.9 Å². The van der Waals surface area contributed by atoms with E-state index in [1.807, 2.05) is 18.2 Å². The second-order valence-electron chi connectivity index (χ2n) is 3.07. The molecule has 6 heteroatoms. The summed E-state index contributed by atoms with van der Waals surface area (Å²) >= 11 is 10.0. The summed E-state index contributed by atoms with van der Waals surface area (Å²) in [5.41, 5.74) is 2.15. The van der Waals surface area contributed by atoms with E-state index in [1.165, 1.54) is 0 Å². The molecule has 0 aliphatic rings. The van der Waals surface area contributed by atoms with Gasteiger partial charge < -0.3 is 9.63 Å². The molecular weight excluding hydrogens is 406 g/mol. The zero-order chi connectivity index (χ0) is 11.7. The number of halogens is 3. The second-order valence-corrected chi connectivity index (χ2v) is 5.56. The number of hydrogen-bond donors (Lipinski definition) is 1. The lowest BCUT2D eigenvalue weighted by atomic mass is 10.1. The van der Waals surface area contributed by atoms with Crippen molar-refractivity contribution < 1.29 is 9.63 Å². The predicted molar refractivity (Wildman–Crippen MR) is 71.0 cm³/mol. The lowest BCUT2D eigenvalue weighted by Gasteiger charge is -2.02. The maximum Gasteiger partial charge on any atom is 0.208 e. The minimum absolute atomic E-state index is 0.123. The van der Waals surface area contributed by atoms with Gasteiger partial charge in [-0.1, -0.05) is 43.1 Å². The van der Waals surface area contributed by atoms with Crippen LogP contribution in [0.5, 0.6) is 0 Å². The minimum Gasteiger partial charge on any atom is -0.391 e. The predicted octanol–water partition coefficient (Wildman–Crippen LogP) is 4.12. The standard InChI is InChI=1S/C10H6Br3NO2/c11-5-1-2-6(8(12)3-5)9-7(4-15)10(13)16-14-9/h1-3,15H,4H2. The first-order valence-corrected chi connectivity index (χ1v) is 6.71. The highest BCUT2D eigenvalue weighted by Crippen LogP contribution is 2.34. The molecule has 0 bridgehead atoms. The lowest BCUT2D eigenvalue weighted by Crippen LogP contribution is -1.88. The number of aliphatic hydroxyl groups excluding tert-OH is 1. The van der Waals surface area contributed by atoms with Crippen LogP contribution < -0.4 is 0 Å². The van der Waals surface area contributed by atoms with Gasteiger partial charge in [-0.25, -0.2) is 0 Å². The Hall–Kier alpha value is -0.170. The highest BCUT2D eigenvalue weighted by Gasteiger charge is 2.16. The quantitative estimate of drug-likeness (QED) is 0.808. The second kappa shape index (κ2) is 5.00. The van der Waals surface area contributed by atoms with Gasteiger partial charge in [0, 0.05) is 14.5 Å². The molecule has 0 fully saturated rings. The van der Waals surface area contributed by atoms with Crippen LogP contribution in [0.3, 0.4) is 0 Å². The fraction of sp³-hybridized carbons (Fsp3) is 0.100. The number of rotatable bonds is 2. The number of aromatic nitrogens is 1. The van der Waals surface area contributed by atoms with Crippen LogP contribution in [0.25, 0.3) is 11.3 Å². The zero-order valence-corrected chi connectivity index (χ0v) is 12.6. The van der Waals surface area contributed by atoms with Crippen LogP contribution >= 0.6 is 47.8 Å². The molecular formula is C10H6Br3NO2. The molecule has 1 heterocycles. The maximum absolute atomic E-state index is 9.24. The largest absolute Gasteiger partial charge is 0.391 e. The Kier molecular flexibility index (Phi) is 3.84. The van der Waals surface area contributed by atoms with Crippen molar-refractivity contribution in [3.05, 3.63) is 37.4 Å². The highest BCUT2D eigenvalue weighted by atomic mass is 79.9. The molecule has 2 aromatic rings. The van der Waals surface area contributed by atoms with Crippen molar-refractivity contribution in [2.75, 3.05) is 0 Å². The van der Waals surface area contributed by atoms with Crippen molar-refractivity contribution in [3.63, 3.8) is 0 Å². The number of hydrogen-bond acceptors (Lipinski definition) is 3. The van der Waals surface area contributed by atoms with E-state index in [-0.39, 0.29) is 6.61 Å². The summed E-state index contributed by atoms with van der Waals surface area (Å²) in [5, 5.41) is 13.2. The van der Waals surface area contributed by atoms with Gasteiger partial charge in [0.25, 0.3) is 0 Å². The molecule has 0 atom stereocenters. The molecule has 3 nitrogen and oxygen atoms in total. The average molecular weight is 412 g/mol. The first kappa shape index (κ1) is 12.3. The number of benzene rings is 1. The van der Waals surface area contributed by atoms with E-state index in [0.29, 0.717) is 15.9 Å². The van der Waals surface area contributed by atoms with Crippen LogP contribution in [0.1, 0.15) is 5.56 Å². The van der Waals surface area contributed by atoms with Crippen LogP contribution in [-0.4, -0.2) is 10.3 Å². The zero-order valence-electron chi connectivity index (χ0n) is 7.88. The molecule has 1 N–H and O–H groups in total. The Morgan fingerprint density at radius 2 is 2.00 bits per heavy atom. The molecule has 2 rings (SSSR count). The van der Waals surface area contributed by atoms with E-state index < -0.39 is 0 Å². The summed E-state index contributed by atoms with van der Waals surface area (Å²) in [7, 11) is 0. The minimum atomic E-state index is -0.123. The van der Waals surface area contributed by atoms with Crippen molar-refractivity contribution >= 4 is 47.8 Å². The Bertz CT molecular complexity index is 525. The van der Waals surface area contributed by atoms with E-state index in [4.69, 9.17) is 4.52 Å². The highest BCUT2D eigenvalue weighted by molar-refractivity contribution is 9.11. The van der Waals surface area contributed by atoms with Gasteiger partial charge in [0.05, 0.1) is 12.2 Å².